The van der Waals surface area contributed by atoms with Crippen LogP contribution in [0.15, 0.2) is 24.3 Å². The highest BCUT2D eigenvalue weighted by Gasteiger charge is 2.18. The number of rotatable bonds is 7. The molecule has 1 rings (SSSR count). The number of hydrogen-bond donors (Lipinski definition) is 1. The monoisotopic (exact) mass is 262 g/mol. The van der Waals surface area contributed by atoms with Crippen molar-refractivity contribution in [3.8, 4) is 6.07 Å². The zero-order valence-electron chi connectivity index (χ0n) is 11.5. The van der Waals surface area contributed by atoms with Gasteiger partial charge in [-0.2, -0.15) is 17.0 Å². The summed E-state index contributed by atoms with van der Waals surface area (Å²) in [6, 6.07) is 10.5. The van der Waals surface area contributed by atoms with Crippen LogP contribution in [0.1, 0.15) is 32.8 Å². The van der Waals surface area contributed by atoms with Crippen molar-refractivity contribution in [2.45, 2.75) is 32.6 Å². The molecule has 0 aliphatic carbocycles. The van der Waals surface area contributed by atoms with Gasteiger partial charge >= 0.3 is 0 Å². The lowest BCUT2D eigenvalue weighted by Crippen LogP contribution is -2.13. The maximum absolute atomic E-state index is 9.07. The molecule has 0 saturated heterocycles. The zero-order chi connectivity index (χ0) is 13.4. The fraction of sp³-hybridized carbons (Fsp3) is 0.533. The smallest absolute Gasteiger partial charge is 0.0766 e. The Balaban J connectivity index is 2.44. The molecule has 0 aliphatic heterocycles. The van der Waals surface area contributed by atoms with Crippen molar-refractivity contribution in [1.82, 2.24) is 0 Å². The van der Waals surface area contributed by atoms with E-state index in [-0.39, 0.29) is 0 Å². The van der Waals surface area contributed by atoms with Crippen LogP contribution in [0.25, 0.3) is 0 Å². The third kappa shape index (κ3) is 4.62. The molecule has 1 N–H and O–H groups in total. The number of nitriles is 1. The zero-order valence-corrected chi connectivity index (χ0v) is 12.3. The summed E-state index contributed by atoms with van der Waals surface area (Å²) in [6.45, 7) is 7.08. The van der Waals surface area contributed by atoms with E-state index >= 15 is 0 Å². The Morgan fingerprint density at radius 3 is 2.50 bits per heavy atom. The molecule has 0 amide bonds. The van der Waals surface area contributed by atoms with E-state index in [1.807, 2.05) is 37.7 Å². The van der Waals surface area contributed by atoms with Gasteiger partial charge in [0.05, 0.1) is 11.5 Å². The Morgan fingerprint density at radius 1 is 1.28 bits per heavy atom. The van der Waals surface area contributed by atoms with Gasteiger partial charge in [-0.1, -0.05) is 19.1 Å². The first kappa shape index (κ1) is 14.9. The number of hydrogen-bond acceptors (Lipinski definition) is 3. The molecule has 2 nitrogen and oxygen atoms in total. The van der Waals surface area contributed by atoms with Gasteiger partial charge in [0, 0.05) is 12.2 Å². The number of anilines is 1. The first-order valence-corrected chi connectivity index (χ1v) is 7.59. The number of benzene rings is 1. The van der Waals surface area contributed by atoms with Gasteiger partial charge < -0.3 is 5.32 Å². The van der Waals surface area contributed by atoms with E-state index in [1.54, 1.807) is 0 Å². The third-order valence-electron chi connectivity index (χ3n) is 2.88. The van der Waals surface area contributed by atoms with Gasteiger partial charge in [0.2, 0.25) is 0 Å². The molecule has 0 bridgehead atoms. The van der Waals surface area contributed by atoms with Gasteiger partial charge in [0.15, 0.2) is 0 Å². The topological polar surface area (TPSA) is 35.8 Å². The van der Waals surface area contributed by atoms with E-state index in [0.717, 1.165) is 17.8 Å². The van der Waals surface area contributed by atoms with Gasteiger partial charge in [-0.25, -0.2) is 0 Å². The lowest BCUT2D eigenvalue weighted by molar-refractivity contribution is 0.687. The fourth-order valence-corrected chi connectivity index (χ4v) is 2.26. The van der Waals surface area contributed by atoms with E-state index in [0.29, 0.717) is 0 Å². The van der Waals surface area contributed by atoms with Crippen molar-refractivity contribution in [3.63, 3.8) is 0 Å². The summed E-state index contributed by atoms with van der Waals surface area (Å²) in [7, 11) is 0. The molecule has 0 unspecified atom stereocenters. The molecular weight excluding hydrogens is 240 g/mol. The summed E-state index contributed by atoms with van der Waals surface area (Å²) < 4.78 is 0. The molecule has 1 aromatic carbocycles. The summed E-state index contributed by atoms with van der Waals surface area (Å²) in [5.74, 6) is 2.40. The summed E-state index contributed by atoms with van der Waals surface area (Å²) in [4.78, 5) is 0. The van der Waals surface area contributed by atoms with Crippen molar-refractivity contribution < 1.29 is 0 Å². The van der Waals surface area contributed by atoms with E-state index in [9.17, 15) is 0 Å². The molecule has 98 valence electrons. The molecule has 3 heteroatoms. The number of nitrogens with one attached hydrogen (secondary N) is 1. The highest BCUT2D eigenvalue weighted by Crippen LogP contribution is 2.23. The average molecular weight is 262 g/mol. The van der Waals surface area contributed by atoms with Crippen LogP contribution in [0.2, 0.25) is 0 Å². The minimum atomic E-state index is -0.406. The largest absolute Gasteiger partial charge is 0.385 e. The second-order valence-electron chi connectivity index (χ2n) is 4.79. The molecule has 0 aromatic heterocycles. The first-order valence-electron chi connectivity index (χ1n) is 6.43. The van der Waals surface area contributed by atoms with Gasteiger partial charge in [0.25, 0.3) is 0 Å². The van der Waals surface area contributed by atoms with Gasteiger partial charge in [-0.05, 0) is 49.5 Å². The van der Waals surface area contributed by atoms with E-state index in [1.165, 1.54) is 17.9 Å². The van der Waals surface area contributed by atoms with Crippen molar-refractivity contribution in [2.75, 3.05) is 23.4 Å². The quantitative estimate of drug-likeness (QED) is 0.753. The SMILES string of the molecule is CCSCCCNc1ccc(C(C)(C)C#N)cc1. The summed E-state index contributed by atoms with van der Waals surface area (Å²) in [5, 5.41) is 12.5. The van der Waals surface area contributed by atoms with Crippen LogP contribution in [0.5, 0.6) is 0 Å². The Bertz CT molecular complexity index is 390. The molecule has 0 saturated carbocycles. The van der Waals surface area contributed by atoms with Crippen LogP contribution >= 0.6 is 11.8 Å². The van der Waals surface area contributed by atoms with Gasteiger partial charge in [-0.15, -0.1) is 0 Å². The Kier molecular flexibility index (Phi) is 6.07. The molecule has 0 heterocycles. The maximum Gasteiger partial charge on any atom is 0.0766 e. The van der Waals surface area contributed by atoms with Crippen LogP contribution in [-0.4, -0.2) is 18.1 Å². The maximum atomic E-state index is 9.07. The van der Waals surface area contributed by atoms with Crippen LogP contribution in [0.3, 0.4) is 0 Å². The van der Waals surface area contributed by atoms with Gasteiger partial charge in [-0.3, -0.25) is 0 Å². The van der Waals surface area contributed by atoms with E-state index < -0.39 is 5.41 Å². The number of nitrogens with zero attached hydrogens (tertiary/aromatic N) is 1. The minimum absolute atomic E-state index is 0.406. The fourth-order valence-electron chi connectivity index (χ4n) is 1.62. The lowest BCUT2D eigenvalue weighted by atomic mass is 9.86. The van der Waals surface area contributed by atoms with Gasteiger partial charge in [0.1, 0.15) is 0 Å². The predicted molar refractivity (Wildman–Crippen MR) is 81.2 cm³/mol. The molecule has 1 aromatic rings. The van der Waals surface area contributed by atoms with E-state index in [2.05, 4.69) is 30.4 Å². The summed E-state index contributed by atoms with van der Waals surface area (Å²) in [5.41, 5.74) is 1.79. The first-order chi connectivity index (χ1) is 8.60. The van der Waals surface area contributed by atoms with Crippen molar-refractivity contribution in [3.05, 3.63) is 29.8 Å². The molecule has 0 fully saturated rings. The second-order valence-corrected chi connectivity index (χ2v) is 6.19. The molecule has 0 atom stereocenters. The molecule has 0 aliphatic rings. The van der Waals surface area contributed by atoms with E-state index in [4.69, 9.17) is 5.26 Å². The predicted octanol–water partition coefficient (Wildman–Crippen LogP) is 4.04. The normalized spacial score (nSPS) is 11.0. The average Bonchev–Trinajstić information content (AvgIpc) is 2.39. The van der Waals surface area contributed by atoms with Crippen molar-refractivity contribution >= 4 is 17.4 Å². The van der Waals surface area contributed by atoms with Crippen LogP contribution < -0.4 is 5.32 Å². The van der Waals surface area contributed by atoms with Crippen LogP contribution in [0, 0.1) is 11.3 Å². The molecule has 18 heavy (non-hydrogen) atoms. The summed E-state index contributed by atoms with van der Waals surface area (Å²) in [6.07, 6.45) is 1.18. The lowest BCUT2D eigenvalue weighted by Gasteiger charge is -2.16. The Morgan fingerprint density at radius 2 is 1.94 bits per heavy atom. The van der Waals surface area contributed by atoms with Crippen molar-refractivity contribution in [2.24, 2.45) is 0 Å². The Labute approximate surface area is 115 Å². The molecular formula is C15H22N2S. The molecule has 0 spiro atoms. The number of thioether (sulfide) groups is 1. The minimum Gasteiger partial charge on any atom is -0.385 e. The third-order valence-corrected chi connectivity index (χ3v) is 3.87. The highest BCUT2D eigenvalue weighted by molar-refractivity contribution is 7.99. The standard InChI is InChI=1S/C15H22N2S/c1-4-18-11-5-10-17-14-8-6-13(7-9-14)15(2,3)12-16/h6-9,17H,4-5,10-11H2,1-3H3. The van der Waals surface area contributed by atoms with Crippen LogP contribution in [-0.2, 0) is 5.41 Å². The van der Waals surface area contributed by atoms with Crippen molar-refractivity contribution in [1.29, 1.82) is 5.26 Å². The van der Waals surface area contributed by atoms with Crippen LogP contribution in [0.4, 0.5) is 5.69 Å². The highest BCUT2D eigenvalue weighted by atomic mass is 32.2. The molecule has 0 radical (unpaired) electrons. The second kappa shape index (κ2) is 7.33. The summed E-state index contributed by atoms with van der Waals surface area (Å²) >= 11 is 1.98. The Hall–Kier alpha value is -1.14.